The summed E-state index contributed by atoms with van der Waals surface area (Å²) in [6.07, 6.45) is -0.0942. The quantitative estimate of drug-likeness (QED) is 0.660. The fourth-order valence-electron chi connectivity index (χ4n) is 1.07. The third kappa shape index (κ3) is 10.1. The predicted octanol–water partition coefficient (Wildman–Crippen LogP) is 1.26. The van der Waals surface area contributed by atoms with Gasteiger partial charge in [0.2, 0.25) is 0 Å². The Kier molecular flexibility index (Phi) is 7.15. The molecule has 0 aliphatic carbocycles. The lowest BCUT2D eigenvalue weighted by Gasteiger charge is -2.21. The molecule has 0 saturated heterocycles. The van der Waals surface area contributed by atoms with E-state index < -0.39 is 17.8 Å². The molecule has 1 amide bonds. The Morgan fingerprint density at radius 2 is 1.94 bits per heavy atom. The van der Waals surface area contributed by atoms with Crippen molar-refractivity contribution in [1.82, 2.24) is 10.6 Å². The molecule has 5 nitrogen and oxygen atoms in total. The first-order valence-electron chi connectivity index (χ1n) is 6.13. The third-order valence-corrected chi connectivity index (χ3v) is 2.20. The number of aliphatic hydroxyl groups is 1. The van der Waals surface area contributed by atoms with E-state index in [1.165, 1.54) is 0 Å². The fraction of sp³-hybridized carbons (Fsp3) is 0.917. The molecule has 102 valence electrons. The summed E-state index contributed by atoms with van der Waals surface area (Å²) in [4.78, 5) is 11.3. The van der Waals surface area contributed by atoms with Gasteiger partial charge in [0.05, 0.1) is 6.10 Å². The molecule has 0 bridgehead atoms. The molecule has 0 aromatic rings. The van der Waals surface area contributed by atoms with Gasteiger partial charge in [-0.1, -0.05) is 6.92 Å². The molecule has 0 aliphatic heterocycles. The van der Waals surface area contributed by atoms with Gasteiger partial charge in [-0.25, -0.2) is 4.79 Å². The van der Waals surface area contributed by atoms with Crippen molar-refractivity contribution in [2.45, 2.75) is 58.8 Å². The maximum atomic E-state index is 11.3. The van der Waals surface area contributed by atoms with Crippen LogP contribution in [0.4, 0.5) is 4.79 Å². The van der Waals surface area contributed by atoms with E-state index in [0.717, 1.165) is 6.42 Å². The van der Waals surface area contributed by atoms with Gasteiger partial charge in [0.1, 0.15) is 5.60 Å². The van der Waals surface area contributed by atoms with Crippen molar-refractivity contribution < 1.29 is 14.6 Å². The molecule has 0 heterocycles. The van der Waals surface area contributed by atoms with Gasteiger partial charge in [-0.2, -0.15) is 0 Å². The van der Waals surface area contributed by atoms with Crippen LogP contribution in [0.15, 0.2) is 0 Å². The molecular formula is C12H26N2O3. The van der Waals surface area contributed by atoms with Crippen LogP contribution in [0.1, 0.15) is 41.0 Å². The second-order valence-corrected chi connectivity index (χ2v) is 5.25. The number of ether oxygens (including phenoxy) is 1. The largest absolute Gasteiger partial charge is 0.444 e. The first-order valence-corrected chi connectivity index (χ1v) is 6.13. The summed E-state index contributed by atoms with van der Waals surface area (Å²) >= 11 is 0. The molecule has 0 radical (unpaired) electrons. The third-order valence-electron chi connectivity index (χ3n) is 2.20. The van der Waals surface area contributed by atoms with E-state index in [1.54, 1.807) is 20.8 Å². The van der Waals surface area contributed by atoms with Crippen LogP contribution in [0, 0.1) is 0 Å². The highest BCUT2D eigenvalue weighted by atomic mass is 16.6. The van der Waals surface area contributed by atoms with Crippen molar-refractivity contribution in [3.63, 3.8) is 0 Å². The minimum Gasteiger partial charge on any atom is -0.444 e. The number of carbonyl (C=O) groups excluding carboxylic acids is 1. The number of amides is 1. The lowest BCUT2D eigenvalue weighted by Crippen LogP contribution is -2.42. The Bertz CT molecular complexity index is 226. The number of carbonyl (C=O) groups is 1. The summed E-state index contributed by atoms with van der Waals surface area (Å²) < 4.78 is 5.05. The average Bonchev–Trinajstić information content (AvgIpc) is 2.20. The van der Waals surface area contributed by atoms with Crippen molar-refractivity contribution in [2.24, 2.45) is 0 Å². The Morgan fingerprint density at radius 1 is 1.35 bits per heavy atom. The minimum atomic E-state index is -0.600. The predicted molar refractivity (Wildman–Crippen MR) is 68.0 cm³/mol. The Balaban J connectivity index is 3.69. The van der Waals surface area contributed by atoms with Gasteiger partial charge >= 0.3 is 6.09 Å². The van der Waals surface area contributed by atoms with Gasteiger partial charge in [0.25, 0.3) is 0 Å². The van der Waals surface area contributed by atoms with E-state index >= 15 is 0 Å². The van der Waals surface area contributed by atoms with Gasteiger partial charge in [0, 0.05) is 19.1 Å². The van der Waals surface area contributed by atoms with Crippen molar-refractivity contribution >= 4 is 6.09 Å². The monoisotopic (exact) mass is 246 g/mol. The number of alkyl carbamates (subject to hydrolysis) is 1. The molecule has 0 aliphatic rings. The van der Waals surface area contributed by atoms with Crippen molar-refractivity contribution in [3.8, 4) is 0 Å². The van der Waals surface area contributed by atoms with Crippen LogP contribution >= 0.6 is 0 Å². The molecule has 0 spiro atoms. The minimum absolute atomic E-state index is 0.193. The van der Waals surface area contributed by atoms with Crippen LogP contribution < -0.4 is 10.6 Å². The molecule has 17 heavy (non-hydrogen) atoms. The second-order valence-electron chi connectivity index (χ2n) is 5.25. The molecule has 0 aromatic carbocycles. The van der Waals surface area contributed by atoms with Gasteiger partial charge in [-0.05, 0) is 34.1 Å². The maximum Gasteiger partial charge on any atom is 0.407 e. The second kappa shape index (κ2) is 7.50. The van der Waals surface area contributed by atoms with Crippen LogP contribution in [0.25, 0.3) is 0 Å². The Hall–Kier alpha value is -0.810. The highest BCUT2D eigenvalue weighted by molar-refractivity contribution is 5.67. The van der Waals surface area contributed by atoms with Crippen molar-refractivity contribution in [1.29, 1.82) is 0 Å². The molecule has 2 atom stereocenters. The smallest absolute Gasteiger partial charge is 0.407 e. The molecule has 0 saturated carbocycles. The summed E-state index contributed by atoms with van der Waals surface area (Å²) in [5, 5.41) is 15.3. The highest BCUT2D eigenvalue weighted by Gasteiger charge is 2.16. The molecule has 0 fully saturated rings. The highest BCUT2D eigenvalue weighted by Crippen LogP contribution is 2.06. The summed E-state index contributed by atoms with van der Waals surface area (Å²) in [5.74, 6) is 0. The standard InChI is InChI=1S/C12H26N2O3/c1-6-9(2)13-7-10(15)8-14-11(16)17-12(3,4)5/h9-10,13,15H,6-8H2,1-5H3,(H,14,16). The van der Waals surface area contributed by atoms with Crippen LogP contribution in [0.3, 0.4) is 0 Å². The topological polar surface area (TPSA) is 70.6 Å². The zero-order valence-electron chi connectivity index (χ0n) is 11.5. The summed E-state index contributed by atoms with van der Waals surface area (Å²) in [6, 6.07) is 0.367. The Morgan fingerprint density at radius 3 is 2.41 bits per heavy atom. The Labute approximate surface area is 104 Å². The molecule has 5 heteroatoms. The summed E-state index contributed by atoms with van der Waals surface area (Å²) in [5.41, 5.74) is -0.510. The first kappa shape index (κ1) is 16.2. The first-order chi connectivity index (χ1) is 7.74. The molecule has 3 N–H and O–H groups in total. The number of nitrogens with one attached hydrogen (secondary N) is 2. The van der Waals surface area contributed by atoms with Crippen LogP contribution in [-0.4, -0.2) is 42.0 Å². The van der Waals surface area contributed by atoms with Crippen LogP contribution in [0.2, 0.25) is 0 Å². The number of aliphatic hydroxyl groups excluding tert-OH is 1. The van der Waals surface area contributed by atoms with Crippen molar-refractivity contribution in [2.75, 3.05) is 13.1 Å². The average molecular weight is 246 g/mol. The SMILES string of the molecule is CCC(C)NCC(O)CNC(=O)OC(C)(C)C. The van der Waals surface area contributed by atoms with E-state index in [1.807, 2.05) is 6.92 Å². The van der Waals surface area contributed by atoms with Gasteiger partial charge in [-0.3, -0.25) is 0 Å². The van der Waals surface area contributed by atoms with Gasteiger partial charge in [-0.15, -0.1) is 0 Å². The van der Waals surface area contributed by atoms with E-state index in [9.17, 15) is 9.90 Å². The lowest BCUT2D eigenvalue weighted by molar-refractivity contribution is 0.0491. The summed E-state index contributed by atoms with van der Waals surface area (Å²) in [6.45, 7) is 10.2. The molecule has 0 aromatic heterocycles. The van der Waals surface area contributed by atoms with E-state index in [-0.39, 0.29) is 6.54 Å². The molecular weight excluding hydrogens is 220 g/mol. The normalized spacial score (nSPS) is 15.2. The van der Waals surface area contributed by atoms with Crippen LogP contribution in [-0.2, 0) is 4.74 Å². The number of rotatable bonds is 6. The van der Waals surface area contributed by atoms with Gasteiger partial charge < -0.3 is 20.5 Å². The zero-order chi connectivity index (χ0) is 13.5. The van der Waals surface area contributed by atoms with E-state index in [0.29, 0.717) is 12.6 Å². The number of hydrogen-bond donors (Lipinski definition) is 3. The van der Waals surface area contributed by atoms with Crippen LogP contribution in [0.5, 0.6) is 0 Å². The molecule has 2 unspecified atom stereocenters. The lowest BCUT2D eigenvalue weighted by atomic mass is 10.2. The van der Waals surface area contributed by atoms with E-state index in [4.69, 9.17) is 4.74 Å². The summed E-state index contributed by atoms with van der Waals surface area (Å²) in [7, 11) is 0. The fourth-order valence-corrected chi connectivity index (χ4v) is 1.07. The van der Waals surface area contributed by atoms with Crippen molar-refractivity contribution in [3.05, 3.63) is 0 Å². The maximum absolute atomic E-state index is 11.3. The van der Waals surface area contributed by atoms with E-state index in [2.05, 4.69) is 17.6 Å². The molecule has 0 rings (SSSR count). The zero-order valence-corrected chi connectivity index (χ0v) is 11.5. The number of hydrogen-bond acceptors (Lipinski definition) is 4. The van der Waals surface area contributed by atoms with Gasteiger partial charge in [0.15, 0.2) is 0 Å².